The lowest BCUT2D eigenvalue weighted by Gasteiger charge is -2.71. The second-order valence-corrected chi connectivity index (χ2v) is 23.0. The Morgan fingerprint density at radius 1 is 0.967 bits per heavy atom. The normalized spacial score (nSPS) is 38.9. The Kier molecular flexibility index (Phi) is 12.7. The number of hydrogen-bond acceptors (Lipinski definition) is 9. The fourth-order valence-electron chi connectivity index (χ4n) is 15.1. The number of allylic oxidation sites excluding steroid dienone is 1. The molecule has 0 radical (unpaired) electrons. The Morgan fingerprint density at radius 2 is 1.68 bits per heavy atom. The quantitative estimate of drug-likeness (QED) is 0.176. The van der Waals surface area contributed by atoms with Gasteiger partial charge >= 0.3 is 11.9 Å². The van der Waals surface area contributed by atoms with Gasteiger partial charge in [-0.1, -0.05) is 54.0 Å². The van der Waals surface area contributed by atoms with E-state index in [1.54, 1.807) is 13.8 Å². The molecule has 3 unspecified atom stereocenters. The van der Waals surface area contributed by atoms with Gasteiger partial charge in [-0.25, -0.2) is 0 Å². The summed E-state index contributed by atoms with van der Waals surface area (Å²) in [5, 5.41) is 13.5. The molecule has 2 heterocycles. The Labute approximate surface area is 362 Å². The van der Waals surface area contributed by atoms with Crippen LogP contribution in [0.25, 0.3) is 0 Å². The van der Waals surface area contributed by atoms with Gasteiger partial charge in [-0.3, -0.25) is 19.3 Å². The second-order valence-electron chi connectivity index (χ2n) is 23.0. The van der Waals surface area contributed by atoms with Crippen LogP contribution in [0.5, 0.6) is 0 Å². The lowest BCUT2D eigenvalue weighted by Crippen LogP contribution is -2.64. The van der Waals surface area contributed by atoms with Gasteiger partial charge in [0.05, 0.1) is 24.5 Å². The van der Waals surface area contributed by atoms with Crippen molar-refractivity contribution in [3.63, 3.8) is 0 Å². The molecule has 5 aliphatic carbocycles. The molecule has 0 bridgehead atoms. The lowest BCUT2D eigenvalue weighted by molar-refractivity contribution is -0.212. The summed E-state index contributed by atoms with van der Waals surface area (Å²) in [4.78, 5) is 44.5. The van der Waals surface area contributed by atoms with Crippen LogP contribution in [0.15, 0.2) is 23.0 Å². The van der Waals surface area contributed by atoms with E-state index >= 15 is 0 Å². The monoisotopic (exact) mass is 836 g/mol. The molecule has 0 aromatic heterocycles. The number of ether oxygens (including phenoxy) is 3. The standard InChI is InChI=1S/C50H81N3O7/c1-32(2)42-36(54)27-50(40(58-11)30-51-29-33-14-15-34(59-33)31-53-25-23-52(10)24-26-53)22-21-48(8)35(43(42)50)16-17-38-47(7)19-12-13-39(60-41(55)28-45(3,4)44(56)57)46(5,6)37(47)18-20-49(38,48)9/h14,32,34-35,37-40,51H,12-13,15-31H2,1-11H3,(H,56,57)/t34?,35-,37?,38-,39+,40?,47+,48-,49-,50+/m1/s1. The predicted molar refractivity (Wildman–Crippen MR) is 235 cm³/mol. The van der Waals surface area contributed by atoms with Gasteiger partial charge in [-0.2, -0.15) is 0 Å². The van der Waals surface area contributed by atoms with E-state index in [9.17, 15) is 19.5 Å². The Balaban J connectivity index is 1.08. The summed E-state index contributed by atoms with van der Waals surface area (Å²) in [6.45, 7) is 26.8. The molecule has 7 aliphatic rings. The second kappa shape index (κ2) is 16.7. The Morgan fingerprint density at radius 3 is 2.35 bits per heavy atom. The minimum absolute atomic E-state index is 0.0330. The van der Waals surface area contributed by atoms with Gasteiger partial charge in [0.1, 0.15) is 18.0 Å². The summed E-state index contributed by atoms with van der Waals surface area (Å²) >= 11 is 0. The highest BCUT2D eigenvalue weighted by Crippen LogP contribution is 2.76. The molecule has 2 aliphatic heterocycles. The van der Waals surface area contributed by atoms with Crippen molar-refractivity contribution in [2.45, 2.75) is 158 Å². The van der Waals surface area contributed by atoms with E-state index in [2.05, 4.69) is 76.7 Å². The molecule has 0 aromatic rings. The van der Waals surface area contributed by atoms with Gasteiger partial charge in [0.2, 0.25) is 0 Å². The summed E-state index contributed by atoms with van der Waals surface area (Å²) in [5.41, 5.74) is 1.01. The van der Waals surface area contributed by atoms with Crippen LogP contribution in [-0.4, -0.2) is 111 Å². The molecule has 4 saturated carbocycles. The smallest absolute Gasteiger partial charge is 0.309 e. The van der Waals surface area contributed by atoms with E-state index in [0.29, 0.717) is 43.0 Å². The largest absolute Gasteiger partial charge is 0.492 e. The van der Waals surface area contributed by atoms with Crippen LogP contribution >= 0.6 is 0 Å². The summed E-state index contributed by atoms with van der Waals surface area (Å²) in [6, 6.07) is 0. The molecule has 60 heavy (non-hydrogen) atoms. The molecule has 0 spiro atoms. The molecular formula is C50H81N3O7. The minimum Gasteiger partial charge on any atom is -0.492 e. The first-order valence-corrected chi connectivity index (χ1v) is 23.8. The highest BCUT2D eigenvalue weighted by atomic mass is 16.5. The van der Waals surface area contributed by atoms with Crippen LogP contribution in [0, 0.1) is 56.2 Å². The third kappa shape index (κ3) is 7.75. The Hall–Kier alpha value is -2.27. The van der Waals surface area contributed by atoms with Gasteiger partial charge in [-0.05, 0) is 130 Å². The zero-order valence-corrected chi connectivity index (χ0v) is 39.3. The number of methoxy groups -OCH3 is 1. The molecule has 7 rings (SSSR count). The number of carboxylic acid groups (broad SMARTS) is 1. The van der Waals surface area contributed by atoms with Crippen molar-refractivity contribution in [3.8, 4) is 0 Å². The number of nitrogens with one attached hydrogen (secondary N) is 1. The van der Waals surface area contributed by atoms with E-state index < -0.39 is 17.4 Å². The average molecular weight is 836 g/mol. The number of fused-ring (bicyclic) bond motifs is 7. The zero-order chi connectivity index (χ0) is 43.6. The van der Waals surface area contributed by atoms with Crippen LogP contribution in [0.3, 0.4) is 0 Å². The fourth-order valence-corrected chi connectivity index (χ4v) is 15.1. The topological polar surface area (TPSA) is 118 Å². The highest BCUT2D eigenvalue weighted by Gasteiger charge is 2.70. The molecule has 0 aromatic carbocycles. The number of likely N-dealkylation sites (N-methyl/N-ethyl adjacent to an activating group) is 1. The number of Topliss-reactive ketones (excluding diaryl/α,β-unsaturated/α-hetero) is 1. The molecule has 5 fully saturated rings. The number of nitrogens with zero attached hydrogens (tertiary/aromatic N) is 2. The fraction of sp³-hybridized carbons (Fsp3) is 0.860. The maximum absolute atomic E-state index is 14.4. The third-order valence-electron chi connectivity index (χ3n) is 18.6. The number of piperazine rings is 1. The maximum atomic E-state index is 14.4. The van der Waals surface area contributed by atoms with Crippen molar-refractivity contribution >= 4 is 17.7 Å². The number of aliphatic carboxylic acids is 1. The van der Waals surface area contributed by atoms with Crippen molar-refractivity contribution in [3.05, 3.63) is 23.0 Å². The number of carboxylic acids is 1. The summed E-state index contributed by atoms with van der Waals surface area (Å²) in [6.07, 6.45) is 12.9. The van der Waals surface area contributed by atoms with Crippen LogP contribution < -0.4 is 5.32 Å². The summed E-state index contributed by atoms with van der Waals surface area (Å²) in [7, 11) is 4.05. The van der Waals surface area contributed by atoms with Gasteiger partial charge in [0.25, 0.3) is 0 Å². The van der Waals surface area contributed by atoms with Gasteiger partial charge in [-0.15, -0.1) is 0 Å². The molecule has 10 nitrogen and oxygen atoms in total. The number of hydrogen-bond donors (Lipinski definition) is 2. The van der Waals surface area contributed by atoms with Crippen LogP contribution in [0.2, 0.25) is 0 Å². The lowest BCUT2D eigenvalue weighted by atomic mass is 9.34. The van der Waals surface area contributed by atoms with Crippen LogP contribution in [0.1, 0.15) is 139 Å². The maximum Gasteiger partial charge on any atom is 0.309 e. The van der Waals surface area contributed by atoms with E-state index in [-0.39, 0.29) is 57.7 Å². The molecule has 1 saturated heterocycles. The van der Waals surface area contributed by atoms with Crippen molar-refractivity contribution in [1.82, 2.24) is 15.1 Å². The molecular weight excluding hydrogens is 755 g/mol. The van der Waals surface area contributed by atoms with Gasteiger partial charge in [0.15, 0.2) is 5.78 Å². The van der Waals surface area contributed by atoms with E-state index in [0.717, 1.165) is 108 Å². The number of carbonyl (C=O) groups excluding carboxylic acids is 2. The Bertz CT molecular complexity index is 1710. The van der Waals surface area contributed by atoms with Crippen molar-refractivity contribution in [1.29, 1.82) is 0 Å². The number of esters is 1. The van der Waals surface area contributed by atoms with E-state index in [1.807, 2.05) is 7.11 Å². The van der Waals surface area contributed by atoms with Crippen molar-refractivity contribution in [2.24, 2.45) is 56.2 Å². The van der Waals surface area contributed by atoms with E-state index in [1.165, 1.54) is 5.57 Å². The predicted octanol–water partition coefficient (Wildman–Crippen LogP) is 8.29. The SMILES string of the molecule is COC(CNCC1=CCC(CN2CCN(C)CC2)O1)[C@@]12CC[C@]3(C)[C@H](CC[C@@H]4[C@@]5(C)CCC[C@H](OC(=O)CC(C)(C)C(=O)O)C(C)(C)C5CC[C@]43C)C1=C(C(C)C)C(=O)C2. The summed E-state index contributed by atoms with van der Waals surface area (Å²) < 4.78 is 19.3. The number of ketones is 1. The molecule has 0 amide bonds. The first-order valence-electron chi connectivity index (χ1n) is 23.8. The number of carbonyl (C=O) groups is 3. The van der Waals surface area contributed by atoms with E-state index in [4.69, 9.17) is 14.2 Å². The highest BCUT2D eigenvalue weighted by molar-refractivity contribution is 6.00. The van der Waals surface area contributed by atoms with Crippen molar-refractivity contribution < 1.29 is 33.7 Å². The van der Waals surface area contributed by atoms with Crippen molar-refractivity contribution in [2.75, 3.05) is 60.0 Å². The first-order chi connectivity index (χ1) is 28.1. The average Bonchev–Trinajstić information content (AvgIpc) is 3.72. The molecule has 10 atom stereocenters. The molecule has 10 heteroatoms. The first kappa shape index (κ1) is 45.7. The zero-order valence-electron chi connectivity index (χ0n) is 39.3. The minimum atomic E-state index is -1.16. The van der Waals surface area contributed by atoms with Crippen LogP contribution in [0.4, 0.5) is 0 Å². The van der Waals surface area contributed by atoms with Gasteiger partial charge in [0, 0.05) is 70.0 Å². The van der Waals surface area contributed by atoms with Gasteiger partial charge < -0.3 is 29.5 Å². The molecule has 2 N–H and O–H groups in total. The molecule has 338 valence electrons. The summed E-state index contributed by atoms with van der Waals surface area (Å²) in [5.74, 6) is 1.37. The van der Waals surface area contributed by atoms with Crippen LogP contribution in [-0.2, 0) is 28.6 Å². The number of rotatable bonds is 13. The third-order valence-corrected chi connectivity index (χ3v) is 18.6.